The molecule has 86 valence electrons. The molecule has 1 unspecified atom stereocenters. The Labute approximate surface area is 96.0 Å². The fourth-order valence-electron chi connectivity index (χ4n) is 2.23. The van der Waals surface area contributed by atoms with Crippen molar-refractivity contribution >= 4 is 17.7 Å². The van der Waals surface area contributed by atoms with E-state index in [9.17, 15) is 4.79 Å². The van der Waals surface area contributed by atoms with Crippen LogP contribution in [0.5, 0.6) is 0 Å². The normalized spacial score (nSPS) is 27.7. The molecule has 1 amide bonds. The van der Waals surface area contributed by atoms with Gasteiger partial charge in [0.1, 0.15) is 0 Å². The summed E-state index contributed by atoms with van der Waals surface area (Å²) in [7, 11) is 0. The van der Waals surface area contributed by atoms with E-state index in [2.05, 4.69) is 5.32 Å². The summed E-state index contributed by atoms with van der Waals surface area (Å²) in [5.74, 6) is 2.64. The molecular weight excluding hydrogens is 208 g/mol. The summed E-state index contributed by atoms with van der Waals surface area (Å²) >= 11 is 1.96. The number of nitrogens with zero attached hydrogens (tertiary/aromatic N) is 1. The molecule has 3 nitrogen and oxygen atoms in total. The highest BCUT2D eigenvalue weighted by molar-refractivity contribution is 7.99. The first-order valence-corrected chi connectivity index (χ1v) is 7.10. The van der Waals surface area contributed by atoms with E-state index in [0.717, 1.165) is 25.4 Å². The molecule has 15 heavy (non-hydrogen) atoms. The van der Waals surface area contributed by atoms with Crippen LogP contribution in [-0.4, -0.2) is 48.0 Å². The Hall–Kier alpha value is -0.220. The van der Waals surface area contributed by atoms with Crippen molar-refractivity contribution in [1.29, 1.82) is 0 Å². The topological polar surface area (TPSA) is 32.3 Å². The zero-order valence-corrected chi connectivity index (χ0v) is 10.0. The van der Waals surface area contributed by atoms with Crippen LogP contribution in [0.25, 0.3) is 0 Å². The van der Waals surface area contributed by atoms with Crippen LogP contribution < -0.4 is 5.32 Å². The van der Waals surface area contributed by atoms with Crippen LogP contribution in [0, 0.1) is 0 Å². The van der Waals surface area contributed by atoms with Crippen molar-refractivity contribution in [1.82, 2.24) is 10.2 Å². The summed E-state index contributed by atoms with van der Waals surface area (Å²) in [6.07, 6.45) is 4.38. The second-order valence-electron chi connectivity index (χ2n) is 4.37. The standard InChI is InChI=1S/C11H20N2OS/c14-11(13-5-2-1-3-6-13)8-10-9-15-7-4-12-10/h10,12H,1-9H2. The molecule has 0 spiro atoms. The third-order valence-corrected chi connectivity index (χ3v) is 4.26. The van der Waals surface area contributed by atoms with Crippen molar-refractivity contribution in [3.05, 3.63) is 0 Å². The molecule has 0 aromatic carbocycles. The largest absolute Gasteiger partial charge is 0.343 e. The van der Waals surface area contributed by atoms with Crippen LogP contribution in [0.3, 0.4) is 0 Å². The van der Waals surface area contributed by atoms with Gasteiger partial charge < -0.3 is 10.2 Å². The number of rotatable bonds is 2. The van der Waals surface area contributed by atoms with Gasteiger partial charge in [0, 0.05) is 43.6 Å². The molecular formula is C11H20N2OS. The minimum atomic E-state index is 0.356. The van der Waals surface area contributed by atoms with Crippen molar-refractivity contribution in [2.24, 2.45) is 0 Å². The van der Waals surface area contributed by atoms with Gasteiger partial charge in [-0.1, -0.05) is 0 Å². The average molecular weight is 228 g/mol. The fourth-order valence-corrected chi connectivity index (χ4v) is 3.18. The Bertz CT molecular complexity index is 211. The molecule has 0 aromatic heterocycles. The highest BCUT2D eigenvalue weighted by atomic mass is 32.2. The van der Waals surface area contributed by atoms with E-state index in [0.29, 0.717) is 18.4 Å². The minimum absolute atomic E-state index is 0.356. The quantitative estimate of drug-likeness (QED) is 0.768. The van der Waals surface area contributed by atoms with Gasteiger partial charge in [-0.25, -0.2) is 0 Å². The summed E-state index contributed by atoms with van der Waals surface area (Å²) in [6.45, 7) is 3.03. The zero-order chi connectivity index (χ0) is 10.5. The van der Waals surface area contributed by atoms with Gasteiger partial charge in [0.25, 0.3) is 0 Å². The maximum absolute atomic E-state index is 11.9. The molecule has 2 rings (SSSR count). The van der Waals surface area contributed by atoms with Crippen molar-refractivity contribution in [3.8, 4) is 0 Å². The average Bonchev–Trinajstić information content (AvgIpc) is 2.31. The van der Waals surface area contributed by atoms with Crippen LogP contribution in [0.15, 0.2) is 0 Å². The van der Waals surface area contributed by atoms with Crippen LogP contribution >= 0.6 is 11.8 Å². The van der Waals surface area contributed by atoms with E-state index in [1.165, 1.54) is 25.0 Å². The molecule has 1 atom stereocenters. The molecule has 2 saturated heterocycles. The van der Waals surface area contributed by atoms with Crippen LogP contribution in [-0.2, 0) is 4.79 Å². The molecule has 2 aliphatic heterocycles. The van der Waals surface area contributed by atoms with E-state index in [1.54, 1.807) is 0 Å². The van der Waals surface area contributed by atoms with E-state index in [4.69, 9.17) is 0 Å². The number of nitrogens with one attached hydrogen (secondary N) is 1. The maximum atomic E-state index is 11.9. The Morgan fingerprint density at radius 2 is 2.13 bits per heavy atom. The van der Waals surface area contributed by atoms with E-state index < -0.39 is 0 Å². The van der Waals surface area contributed by atoms with Gasteiger partial charge in [-0.05, 0) is 19.3 Å². The van der Waals surface area contributed by atoms with E-state index in [-0.39, 0.29) is 0 Å². The Morgan fingerprint density at radius 3 is 2.80 bits per heavy atom. The third-order valence-electron chi connectivity index (χ3n) is 3.13. The van der Waals surface area contributed by atoms with Gasteiger partial charge in [0.15, 0.2) is 0 Å². The third kappa shape index (κ3) is 3.38. The molecule has 0 aromatic rings. The summed E-state index contributed by atoms with van der Waals surface area (Å²) in [4.78, 5) is 14.0. The van der Waals surface area contributed by atoms with Crippen molar-refractivity contribution in [2.75, 3.05) is 31.1 Å². The molecule has 1 N–H and O–H groups in total. The summed E-state index contributed by atoms with van der Waals surface area (Å²) in [5, 5.41) is 3.42. The lowest BCUT2D eigenvalue weighted by atomic mass is 10.1. The predicted octanol–water partition coefficient (Wildman–Crippen LogP) is 1.09. The van der Waals surface area contributed by atoms with Crippen molar-refractivity contribution in [3.63, 3.8) is 0 Å². The van der Waals surface area contributed by atoms with Crippen molar-refractivity contribution in [2.45, 2.75) is 31.7 Å². The number of thioether (sulfide) groups is 1. The van der Waals surface area contributed by atoms with Crippen LogP contribution in [0.1, 0.15) is 25.7 Å². The first kappa shape index (κ1) is 11.3. The van der Waals surface area contributed by atoms with Crippen molar-refractivity contribution < 1.29 is 4.79 Å². The summed E-state index contributed by atoms with van der Waals surface area (Å²) < 4.78 is 0. The van der Waals surface area contributed by atoms with Gasteiger partial charge in [0.2, 0.25) is 5.91 Å². The summed E-state index contributed by atoms with van der Waals surface area (Å²) in [5.41, 5.74) is 0. The lowest BCUT2D eigenvalue weighted by Crippen LogP contribution is -2.43. The number of hydrogen-bond acceptors (Lipinski definition) is 3. The highest BCUT2D eigenvalue weighted by Crippen LogP contribution is 2.14. The fraction of sp³-hybridized carbons (Fsp3) is 0.909. The number of hydrogen-bond donors (Lipinski definition) is 1. The number of amides is 1. The van der Waals surface area contributed by atoms with E-state index >= 15 is 0 Å². The lowest BCUT2D eigenvalue weighted by Gasteiger charge is -2.29. The first-order valence-electron chi connectivity index (χ1n) is 5.95. The van der Waals surface area contributed by atoms with Crippen LogP contribution in [0.2, 0.25) is 0 Å². The second-order valence-corrected chi connectivity index (χ2v) is 5.52. The van der Waals surface area contributed by atoms with Crippen LogP contribution in [0.4, 0.5) is 0 Å². The molecule has 0 radical (unpaired) electrons. The molecule has 4 heteroatoms. The number of carbonyl (C=O) groups excluding carboxylic acids is 1. The molecule has 2 aliphatic rings. The monoisotopic (exact) mass is 228 g/mol. The Morgan fingerprint density at radius 1 is 1.33 bits per heavy atom. The molecule has 2 fully saturated rings. The lowest BCUT2D eigenvalue weighted by molar-refractivity contribution is -0.132. The zero-order valence-electron chi connectivity index (χ0n) is 9.21. The minimum Gasteiger partial charge on any atom is -0.343 e. The summed E-state index contributed by atoms with van der Waals surface area (Å²) in [6, 6.07) is 0.415. The van der Waals surface area contributed by atoms with E-state index in [1.807, 2.05) is 16.7 Å². The molecule has 2 heterocycles. The van der Waals surface area contributed by atoms with Gasteiger partial charge >= 0.3 is 0 Å². The predicted molar refractivity (Wildman–Crippen MR) is 64.2 cm³/mol. The second kappa shape index (κ2) is 5.75. The Kier molecular flexibility index (Phi) is 4.32. The molecule has 0 aliphatic carbocycles. The number of likely N-dealkylation sites (tertiary alicyclic amines) is 1. The molecule has 0 saturated carbocycles. The van der Waals surface area contributed by atoms with Gasteiger partial charge in [-0.3, -0.25) is 4.79 Å². The van der Waals surface area contributed by atoms with Gasteiger partial charge in [-0.15, -0.1) is 0 Å². The Balaban J connectivity index is 1.74. The first-order chi connectivity index (χ1) is 7.36. The number of carbonyl (C=O) groups is 1. The molecule has 0 bridgehead atoms. The highest BCUT2D eigenvalue weighted by Gasteiger charge is 2.21. The maximum Gasteiger partial charge on any atom is 0.224 e. The van der Waals surface area contributed by atoms with Gasteiger partial charge in [-0.2, -0.15) is 11.8 Å². The van der Waals surface area contributed by atoms with Gasteiger partial charge in [0.05, 0.1) is 0 Å². The smallest absolute Gasteiger partial charge is 0.224 e. The number of piperidine rings is 1. The SMILES string of the molecule is O=C(CC1CSCCN1)N1CCCCC1.